The normalized spacial score (nSPS) is 10.7. The molecular weight excluding hydrogens is 386 g/mol. The number of nitrogens with one attached hydrogen (secondary N) is 1. The van der Waals surface area contributed by atoms with Crippen molar-refractivity contribution in [2.75, 3.05) is 10.3 Å². The number of anilines is 4. The first-order valence-electron chi connectivity index (χ1n) is 9.83. The number of carboxylic acids is 1. The lowest BCUT2D eigenvalue weighted by Gasteiger charge is -2.25. The second-order valence-corrected chi connectivity index (χ2v) is 6.85. The van der Waals surface area contributed by atoms with E-state index in [2.05, 4.69) is 39.7 Å². The molecule has 0 aromatic heterocycles. The maximum atomic E-state index is 11.1. The van der Waals surface area contributed by atoms with E-state index in [4.69, 9.17) is 5.11 Å². The molecule has 4 aromatic carbocycles. The van der Waals surface area contributed by atoms with Gasteiger partial charge < -0.3 is 10.0 Å². The number of hydrogen-bond donors (Lipinski definition) is 2. The third-order valence-corrected chi connectivity index (χ3v) is 4.70. The van der Waals surface area contributed by atoms with Gasteiger partial charge in [-0.05, 0) is 60.2 Å². The van der Waals surface area contributed by atoms with Crippen LogP contribution in [0.15, 0.2) is 114 Å². The molecule has 4 aromatic rings. The zero-order chi connectivity index (χ0) is 21.5. The Labute approximate surface area is 180 Å². The quantitative estimate of drug-likeness (QED) is 0.279. The molecule has 0 amide bonds. The van der Waals surface area contributed by atoms with Crippen LogP contribution in [0.5, 0.6) is 0 Å². The first kappa shape index (κ1) is 19.9. The molecule has 0 atom stereocenters. The molecule has 2 N–H and O–H groups in total. The van der Waals surface area contributed by atoms with Crippen LogP contribution in [0, 0.1) is 0 Å². The van der Waals surface area contributed by atoms with Gasteiger partial charge in [-0.3, -0.25) is 5.43 Å². The lowest BCUT2D eigenvalue weighted by atomic mass is 10.1. The maximum Gasteiger partial charge on any atom is 0.335 e. The van der Waals surface area contributed by atoms with Crippen LogP contribution in [0.1, 0.15) is 15.9 Å². The van der Waals surface area contributed by atoms with Crippen LogP contribution < -0.4 is 10.3 Å². The number of rotatable bonds is 7. The van der Waals surface area contributed by atoms with Crippen molar-refractivity contribution >= 4 is 34.9 Å². The van der Waals surface area contributed by atoms with Crippen LogP contribution in [0.3, 0.4) is 0 Å². The van der Waals surface area contributed by atoms with E-state index in [9.17, 15) is 4.79 Å². The Bertz CT molecular complexity index is 1130. The highest BCUT2D eigenvalue weighted by Crippen LogP contribution is 2.33. The van der Waals surface area contributed by atoms with Crippen LogP contribution >= 0.6 is 0 Å². The van der Waals surface area contributed by atoms with Crippen molar-refractivity contribution in [3.05, 3.63) is 120 Å². The highest BCUT2D eigenvalue weighted by atomic mass is 16.4. The summed E-state index contributed by atoms with van der Waals surface area (Å²) >= 11 is 0. The molecule has 0 unspecified atom stereocenters. The Morgan fingerprint density at radius 3 is 1.90 bits per heavy atom. The van der Waals surface area contributed by atoms with E-state index in [0.29, 0.717) is 5.69 Å². The summed E-state index contributed by atoms with van der Waals surface area (Å²) in [6, 6.07) is 35.0. The smallest absolute Gasteiger partial charge is 0.335 e. The zero-order valence-corrected chi connectivity index (χ0v) is 16.7. The fraction of sp³-hybridized carbons (Fsp3) is 0. The van der Waals surface area contributed by atoms with Gasteiger partial charge in [-0.25, -0.2) is 4.79 Å². The van der Waals surface area contributed by atoms with E-state index in [-0.39, 0.29) is 5.56 Å². The Kier molecular flexibility index (Phi) is 6.05. The summed E-state index contributed by atoms with van der Waals surface area (Å²) < 4.78 is 0. The molecule has 0 aliphatic rings. The second-order valence-electron chi connectivity index (χ2n) is 6.85. The van der Waals surface area contributed by atoms with Crippen LogP contribution in [0.25, 0.3) is 0 Å². The van der Waals surface area contributed by atoms with Crippen molar-refractivity contribution in [3.63, 3.8) is 0 Å². The van der Waals surface area contributed by atoms with E-state index < -0.39 is 5.97 Å². The van der Waals surface area contributed by atoms with Crippen LogP contribution in [0.2, 0.25) is 0 Å². The first-order valence-corrected chi connectivity index (χ1v) is 9.83. The van der Waals surface area contributed by atoms with Crippen molar-refractivity contribution in [2.24, 2.45) is 5.10 Å². The first-order chi connectivity index (χ1) is 15.2. The van der Waals surface area contributed by atoms with Crippen LogP contribution in [0.4, 0.5) is 22.7 Å². The molecule has 0 saturated carbocycles. The molecule has 0 fully saturated rings. The highest BCUT2D eigenvalue weighted by Gasteiger charge is 2.11. The van der Waals surface area contributed by atoms with Gasteiger partial charge in [0.2, 0.25) is 0 Å². The minimum atomic E-state index is -0.968. The minimum Gasteiger partial charge on any atom is -0.478 e. The molecule has 0 saturated heterocycles. The van der Waals surface area contributed by atoms with Gasteiger partial charge in [0.15, 0.2) is 0 Å². The number of benzene rings is 4. The molecule has 0 aliphatic carbocycles. The predicted octanol–water partition coefficient (Wildman–Crippen LogP) is 6.30. The van der Waals surface area contributed by atoms with Crippen molar-refractivity contribution < 1.29 is 9.90 Å². The third kappa shape index (κ3) is 4.97. The number of aromatic carboxylic acids is 1. The summed E-state index contributed by atoms with van der Waals surface area (Å²) in [7, 11) is 0. The molecule has 0 radical (unpaired) electrons. The number of nitrogens with zero attached hydrogens (tertiary/aromatic N) is 2. The molecule has 5 nitrogen and oxygen atoms in total. The van der Waals surface area contributed by atoms with Gasteiger partial charge in [-0.15, -0.1) is 0 Å². The summed E-state index contributed by atoms with van der Waals surface area (Å²) in [5, 5.41) is 13.3. The average molecular weight is 407 g/mol. The average Bonchev–Trinajstić information content (AvgIpc) is 2.82. The van der Waals surface area contributed by atoms with Crippen molar-refractivity contribution in [1.29, 1.82) is 0 Å². The summed E-state index contributed by atoms with van der Waals surface area (Å²) in [6.45, 7) is 0. The maximum absolute atomic E-state index is 11.1. The molecule has 31 heavy (non-hydrogen) atoms. The Balaban J connectivity index is 1.53. The summed E-state index contributed by atoms with van der Waals surface area (Å²) in [5.74, 6) is -0.968. The Morgan fingerprint density at radius 1 is 0.742 bits per heavy atom. The molecule has 4 rings (SSSR count). The van der Waals surface area contributed by atoms with E-state index in [0.717, 1.165) is 22.6 Å². The van der Waals surface area contributed by atoms with Gasteiger partial charge in [-0.1, -0.05) is 54.6 Å². The fourth-order valence-electron chi connectivity index (χ4n) is 3.21. The topological polar surface area (TPSA) is 64.9 Å². The molecule has 0 spiro atoms. The largest absolute Gasteiger partial charge is 0.478 e. The summed E-state index contributed by atoms with van der Waals surface area (Å²) in [5.41, 5.74) is 7.82. The van der Waals surface area contributed by atoms with Crippen molar-refractivity contribution in [3.8, 4) is 0 Å². The number of hydrazone groups is 1. The molecule has 5 heteroatoms. The van der Waals surface area contributed by atoms with E-state index in [1.54, 1.807) is 30.5 Å². The number of hydrogen-bond acceptors (Lipinski definition) is 4. The van der Waals surface area contributed by atoms with Gasteiger partial charge in [-0.2, -0.15) is 5.10 Å². The highest BCUT2D eigenvalue weighted by molar-refractivity contribution is 5.89. The molecule has 0 bridgehead atoms. The van der Waals surface area contributed by atoms with Crippen LogP contribution in [-0.2, 0) is 0 Å². The predicted molar refractivity (Wildman–Crippen MR) is 126 cm³/mol. The van der Waals surface area contributed by atoms with Crippen molar-refractivity contribution in [2.45, 2.75) is 0 Å². The summed E-state index contributed by atoms with van der Waals surface area (Å²) in [6.07, 6.45) is 1.70. The van der Waals surface area contributed by atoms with Crippen LogP contribution in [-0.4, -0.2) is 17.3 Å². The molecule has 0 aliphatic heterocycles. The Hall–Kier alpha value is -4.38. The standard InChI is InChI=1S/C26H21N3O2/c30-26(31)21-8-7-9-22(18-21)28-27-19-20-14-16-25(17-15-20)29(23-10-3-1-4-11-23)24-12-5-2-6-13-24/h1-19,28H,(H,30,31). The van der Waals surface area contributed by atoms with Gasteiger partial charge >= 0.3 is 5.97 Å². The fourth-order valence-corrected chi connectivity index (χ4v) is 3.21. The monoisotopic (exact) mass is 407 g/mol. The van der Waals surface area contributed by atoms with E-state index in [1.807, 2.05) is 60.7 Å². The molecule has 0 heterocycles. The van der Waals surface area contributed by atoms with E-state index >= 15 is 0 Å². The lowest BCUT2D eigenvalue weighted by Crippen LogP contribution is -2.09. The third-order valence-electron chi connectivity index (χ3n) is 4.70. The molecule has 152 valence electrons. The van der Waals surface area contributed by atoms with Gasteiger partial charge in [0.05, 0.1) is 17.5 Å². The number of carboxylic acid groups (broad SMARTS) is 1. The SMILES string of the molecule is O=C(O)c1cccc(NN=Cc2ccc(N(c3ccccc3)c3ccccc3)cc2)c1. The van der Waals surface area contributed by atoms with Gasteiger partial charge in [0, 0.05) is 17.1 Å². The van der Waals surface area contributed by atoms with Gasteiger partial charge in [0.1, 0.15) is 0 Å². The minimum absolute atomic E-state index is 0.214. The van der Waals surface area contributed by atoms with E-state index in [1.165, 1.54) is 0 Å². The molecular formula is C26H21N3O2. The summed E-state index contributed by atoms with van der Waals surface area (Å²) in [4.78, 5) is 13.3. The number of para-hydroxylation sites is 2. The van der Waals surface area contributed by atoms with Crippen molar-refractivity contribution in [1.82, 2.24) is 0 Å². The zero-order valence-electron chi connectivity index (χ0n) is 16.7. The number of carbonyl (C=O) groups is 1. The lowest BCUT2D eigenvalue weighted by molar-refractivity contribution is 0.0697. The second kappa shape index (κ2) is 9.41. The van der Waals surface area contributed by atoms with Gasteiger partial charge in [0.25, 0.3) is 0 Å². The Morgan fingerprint density at radius 2 is 1.32 bits per heavy atom.